The molecule has 168 valence electrons. The molecule has 3 aromatic rings. The first-order valence-electron chi connectivity index (χ1n) is 10.6. The minimum Gasteiger partial charge on any atom is -0.497 e. The van der Waals surface area contributed by atoms with Gasteiger partial charge in [0.2, 0.25) is 0 Å². The number of carbonyl (C=O) groups excluding carboxylic acids is 1. The number of anilines is 1. The van der Waals surface area contributed by atoms with E-state index in [1.807, 2.05) is 29.8 Å². The van der Waals surface area contributed by atoms with Crippen LogP contribution in [0.15, 0.2) is 42.6 Å². The van der Waals surface area contributed by atoms with E-state index in [1.165, 1.54) is 0 Å². The summed E-state index contributed by atoms with van der Waals surface area (Å²) in [4.78, 5) is 13.4. The molecule has 0 unspecified atom stereocenters. The molecule has 0 bridgehead atoms. The number of nitrogens with one attached hydrogen (secondary N) is 2. The molecule has 7 nitrogen and oxygen atoms in total. The number of hydrogen-bond acceptors (Lipinski definition) is 5. The second kappa shape index (κ2) is 9.63. The van der Waals surface area contributed by atoms with Crippen LogP contribution in [0.2, 0.25) is 5.02 Å². The maximum atomic E-state index is 13.4. The van der Waals surface area contributed by atoms with Gasteiger partial charge in [-0.05, 0) is 50.6 Å². The molecule has 1 aliphatic heterocycles. The van der Waals surface area contributed by atoms with E-state index in [1.54, 1.807) is 38.6 Å². The van der Waals surface area contributed by atoms with Gasteiger partial charge in [0.05, 0.1) is 37.4 Å². The van der Waals surface area contributed by atoms with Crippen LogP contribution in [-0.2, 0) is 0 Å². The Morgan fingerprint density at radius 2 is 1.84 bits per heavy atom. The van der Waals surface area contributed by atoms with Crippen molar-refractivity contribution in [1.82, 2.24) is 15.1 Å². The second-order valence-corrected chi connectivity index (χ2v) is 8.23. The van der Waals surface area contributed by atoms with Gasteiger partial charge < -0.3 is 20.1 Å². The fourth-order valence-electron chi connectivity index (χ4n) is 4.12. The van der Waals surface area contributed by atoms with Gasteiger partial charge in [-0.15, -0.1) is 0 Å². The SMILES string of the molecule is COc1cc(NC(=O)c2cnn(-c3cccc(Cl)c3C)c2C2CCNCC2)cc(OC)c1. The van der Waals surface area contributed by atoms with Crippen molar-refractivity contribution in [2.75, 3.05) is 32.6 Å². The first-order chi connectivity index (χ1) is 15.5. The number of methoxy groups -OCH3 is 2. The van der Waals surface area contributed by atoms with Gasteiger partial charge in [-0.3, -0.25) is 4.79 Å². The molecular weight excluding hydrogens is 428 g/mol. The first kappa shape index (κ1) is 22.2. The van der Waals surface area contributed by atoms with Gasteiger partial charge in [-0.2, -0.15) is 5.10 Å². The van der Waals surface area contributed by atoms with E-state index in [0.717, 1.165) is 42.9 Å². The molecule has 0 spiro atoms. The topological polar surface area (TPSA) is 77.4 Å². The van der Waals surface area contributed by atoms with Gasteiger partial charge in [0, 0.05) is 34.8 Å². The average molecular weight is 455 g/mol. The highest BCUT2D eigenvalue weighted by atomic mass is 35.5. The Bertz CT molecular complexity index is 1100. The van der Waals surface area contributed by atoms with Gasteiger partial charge in [0.25, 0.3) is 5.91 Å². The third-order valence-electron chi connectivity index (χ3n) is 5.85. The van der Waals surface area contributed by atoms with Gasteiger partial charge in [0.15, 0.2) is 0 Å². The normalized spacial score (nSPS) is 14.2. The minimum atomic E-state index is -0.222. The lowest BCUT2D eigenvalue weighted by Gasteiger charge is -2.25. The maximum absolute atomic E-state index is 13.4. The van der Waals surface area contributed by atoms with Crippen LogP contribution in [0.25, 0.3) is 5.69 Å². The maximum Gasteiger partial charge on any atom is 0.259 e. The summed E-state index contributed by atoms with van der Waals surface area (Å²) in [6.07, 6.45) is 3.50. The fourth-order valence-corrected chi connectivity index (χ4v) is 4.29. The number of carbonyl (C=O) groups is 1. The van der Waals surface area contributed by atoms with E-state index in [-0.39, 0.29) is 11.8 Å². The van der Waals surface area contributed by atoms with Crippen molar-refractivity contribution in [2.45, 2.75) is 25.7 Å². The molecule has 0 aliphatic carbocycles. The average Bonchev–Trinajstić information content (AvgIpc) is 3.26. The lowest BCUT2D eigenvalue weighted by molar-refractivity contribution is 0.102. The number of hydrogen-bond donors (Lipinski definition) is 2. The van der Waals surface area contributed by atoms with Gasteiger partial charge in [-0.1, -0.05) is 17.7 Å². The van der Waals surface area contributed by atoms with E-state index in [2.05, 4.69) is 15.7 Å². The highest BCUT2D eigenvalue weighted by Gasteiger charge is 2.28. The minimum absolute atomic E-state index is 0.206. The van der Waals surface area contributed by atoms with Crippen LogP contribution in [0.5, 0.6) is 11.5 Å². The fraction of sp³-hybridized carbons (Fsp3) is 0.333. The molecule has 0 saturated carbocycles. The van der Waals surface area contributed by atoms with E-state index in [9.17, 15) is 4.79 Å². The second-order valence-electron chi connectivity index (χ2n) is 7.82. The van der Waals surface area contributed by atoms with E-state index in [4.69, 9.17) is 21.1 Å². The highest BCUT2D eigenvalue weighted by molar-refractivity contribution is 6.31. The number of halogens is 1. The van der Waals surface area contributed by atoms with E-state index >= 15 is 0 Å². The molecule has 1 saturated heterocycles. The number of rotatable bonds is 6. The van der Waals surface area contributed by atoms with Crippen molar-refractivity contribution < 1.29 is 14.3 Å². The third-order valence-corrected chi connectivity index (χ3v) is 6.26. The zero-order valence-electron chi connectivity index (χ0n) is 18.4. The molecule has 1 fully saturated rings. The summed E-state index contributed by atoms with van der Waals surface area (Å²) < 4.78 is 12.5. The van der Waals surface area contributed by atoms with Crippen molar-refractivity contribution in [3.8, 4) is 17.2 Å². The predicted octanol–water partition coefficient (Wildman–Crippen LogP) is 4.57. The smallest absolute Gasteiger partial charge is 0.259 e. The number of benzene rings is 2. The lowest BCUT2D eigenvalue weighted by Crippen LogP contribution is -2.29. The summed E-state index contributed by atoms with van der Waals surface area (Å²) in [5.41, 5.74) is 3.86. The van der Waals surface area contributed by atoms with Crippen LogP contribution in [0.1, 0.15) is 40.4 Å². The third kappa shape index (κ3) is 4.45. The molecule has 1 aliphatic rings. The quantitative estimate of drug-likeness (QED) is 0.570. The van der Waals surface area contributed by atoms with Crippen LogP contribution in [0.3, 0.4) is 0 Å². The van der Waals surface area contributed by atoms with Crippen molar-refractivity contribution in [1.29, 1.82) is 0 Å². The standard InChI is InChI=1S/C24H27ClN4O3/c1-15-21(25)5-4-6-22(15)29-23(16-7-9-26-10-8-16)20(14-27-29)24(30)28-17-11-18(31-2)13-19(12-17)32-3/h4-6,11-14,16,26H,7-10H2,1-3H3,(H,28,30). The molecule has 1 aromatic heterocycles. The van der Waals surface area contributed by atoms with Crippen LogP contribution in [0, 0.1) is 6.92 Å². The van der Waals surface area contributed by atoms with Crippen molar-refractivity contribution in [2.24, 2.45) is 0 Å². The molecule has 0 atom stereocenters. The summed E-state index contributed by atoms with van der Waals surface area (Å²) in [6.45, 7) is 3.77. The molecule has 1 amide bonds. The molecular formula is C24H27ClN4O3. The zero-order valence-corrected chi connectivity index (χ0v) is 19.2. The summed E-state index contributed by atoms with van der Waals surface area (Å²) in [7, 11) is 3.15. The van der Waals surface area contributed by atoms with E-state index < -0.39 is 0 Å². The van der Waals surface area contributed by atoms with Crippen molar-refractivity contribution in [3.63, 3.8) is 0 Å². The first-order valence-corrected chi connectivity index (χ1v) is 11.0. The molecule has 0 radical (unpaired) electrons. The van der Waals surface area contributed by atoms with Crippen molar-refractivity contribution >= 4 is 23.2 Å². The predicted molar refractivity (Wildman–Crippen MR) is 126 cm³/mol. The summed E-state index contributed by atoms with van der Waals surface area (Å²) in [5, 5.41) is 11.7. The summed E-state index contributed by atoms with van der Waals surface area (Å²) in [5.74, 6) is 1.18. The van der Waals surface area contributed by atoms with Gasteiger partial charge >= 0.3 is 0 Å². The molecule has 8 heteroatoms. The van der Waals surface area contributed by atoms with Crippen LogP contribution >= 0.6 is 11.6 Å². The van der Waals surface area contributed by atoms with Gasteiger partial charge in [0.1, 0.15) is 11.5 Å². The summed E-state index contributed by atoms with van der Waals surface area (Å²) in [6, 6.07) is 11.0. The largest absolute Gasteiger partial charge is 0.497 e. The number of piperidine rings is 1. The zero-order chi connectivity index (χ0) is 22.7. The number of aromatic nitrogens is 2. The molecule has 2 heterocycles. The number of nitrogens with zero attached hydrogens (tertiary/aromatic N) is 2. The Hall–Kier alpha value is -3.03. The Kier molecular flexibility index (Phi) is 6.67. The Balaban J connectivity index is 1.74. The Labute approximate surface area is 192 Å². The van der Waals surface area contributed by atoms with Gasteiger partial charge in [-0.25, -0.2) is 4.68 Å². The molecule has 2 N–H and O–H groups in total. The van der Waals surface area contributed by atoms with Crippen molar-refractivity contribution in [3.05, 3.63) is 64.4 Å². The molecule has 2 aromatic carbocycles. The highest BCUT2D eigenvalue weighted by Crippen LogP contribution is 2.33. The van der Waals surface area contributed by atoms with Crippen LogP contribution < -0.4 is 20.1 Å². The number of amides is 1. The lowest BCUT2D eigenvalue weighted by atomic mass is 9.91. The number of ether oxygens (including phenoxy) is 2. The van der Waals surface area contributed by atoms with Crippen LogP contribution in [-0.4, -0.2) is 43.0 Å². The Morgan fingerprint density at radius 3 is 2.50 bits per heavy atom. The van der Waals surface area contributed by atoms with Crippen LogP contribution in [0.4, 0.5) is 5.69 Å². The molecule has 32 heavy (non-hydrogen) atoms. The monoisotopic (exact) mass is 454 g/mol. The Morgan fingerprint density at radius 1 is 1.16 bits per heavy atom. The summed E-state index contributed by atoms with van der Waals surface area (Å²) >= 11 is 6.38. The molecule has 4 rings (SSSR count). The van der Waals surface area contributed by atoms with E-state index in [0.29, 0.717) is 27.8 Å².